The summed E-state index contributed by atoms with van der Waals surface area (Å²) in [6, 6.07) is 23.4. The highest BCUT2D eigenvalue weighted by Gasteiger charge is 2.14. The summed E-state index contributed by atoms with van der Waals surface area (Å²) in [6.07, 6.45) is 0. The van der Waals surface area contributed by atoms with E-state index in [9.17, 15) is 9.90 Å². The van der Waals surface area contributed by atoms with E-state index in [1.54, 1.807) is 30.3 Å². The fraction of sp³-hybridized carbons (Fsp3) is 0.135. The summed E-state index contributed by atoms with van der Waals surface area (Å²) < 4.78 is 0. The van der Waals surface area contributed by atoms with Gasteiger partial charge in [0.2, 0.25) is 17.2 Å². The molecule has 2 amide bonds. The Kier molecular flexibility index (Phi) is 9.82. The van der Waals surface area contributed by atoms with Crippen LogP contribution in [0.15, 0.2) is 99.3 Å². The Hall–Kier alpha value is -6.47. The number of carbonyl (C=O) groups excluding carboxylic acids is 1. The van der Waals surface area contributed by atoms with Gasteiger partial charge in [0.05, 0.1) is 17.1 Å². The number of fused-ring (bicyclic) bond motifs is 1. The Bertz CT molecular complexity index is 2380. The van der Waals surface area contributed by atoms with Crippen LogP contribution in [0, 0.1) is 34.6 Å². The monoisotopic (exact) mass is 699 g/mol. The molecular formula is C37H34ClN11O2. The minimum atomic E-state index is -0.762. The topological polar surface area (TPSA) is 188 Å². The lowest BCUT2D eigenvalue weighted by molar-refractivity contribution is 0.259. The van der Waals surface area contributed by atoms with E-state index in [-0.39, 0.29) is 22.9 Å². The molecule has 256 valence electrons. The van der Waals surface area contributed by atoms with Gasteiger partial charge in [-0.1, -0.05) is 29.8 Å². The highest BCUT2D eigenvalue weighted by molar-refractivity contribution is 6.28. The van der Waals surface area contributed by atoms with Crippen molar-refractivity contribution in [2.75, 3.05) is 16.0 Å². The third kappa shape index (κ3) is 8.23. The number of aryl methyl sites for hydroxylation is 5. The molecule has 13 nitrogen and oxygen atoms in total. The molecule has 0 radical (unpaired) electrons. The second-order valence-electron chi connectivity index (χ2n) is 12.0. The lowest BCUT2D eigenvalue weighted by Crippen LogP contribution is -2.19. The third-order valence-electron chi connectivity index (χ3n) is 7.89. The number of carbonyl (C=O) groups is 1. The minimum Gasteiger partial charge on any atom is -0.505 e. The number of azo groups is 2. The Balaban J connectivity index is 1.22. The maximum atomic E-state index is 11.8. The van der Waals surface area contributed by atoms with Crippen molar-refractivity contribution in [3.63, 3.8) is 0 Å². The lowest BCUT2D eigenvalue weighted by atomic mass is 10.0. The Morgan fingerprint density at radius 2 is 1.29 bits per heavy atom. The van der Waals surface area contributed by atoms with E-state index in [1.807, 2.05) is 83.1 Å². The van der Waals surface area contributed by atoms with E-state index >= 15 is 0 Å². The molecule has 51 heavy (non-hydrogen) atoms. The third-order valence-corrected chi connectivity index (χ3v) is 8.06. The molecule has 0 aliphatic carbocycles. The van der Waals surface area contributed by atoms with Crippen LogP contribution >= 0.6 is 11.6 Å². The van der Waals surface area contributed by atoms with E-state index in [1.165, 1.54) is 0 Å². The number of aromatic hydroxyl groups is 1. The number of aromatic nitrogens is 3. The van der Waals surface area contributed by atoms with Gasteiger partial charge >= 0.3 is 6.03 Å². The van der Waals surface area contributed by atoms with Crippen molar-refractivity contribution in [3.8, 4) is 5.75 Å². The average Bonchev–Trinajstić information content (AvgIpc) is 3.06. The zero-order valence-corrected chi connectivity index (χ0v) is 29.2. The van der Waals surface area contributed by atoms with E-state index < -0.39 is 6.03 Å². The number of phenols is 1. The van der Waals surface area contributed by atoms with Crippen LogP contribution in [0.2, 0.25) is 5.28 Å². The first-order valence-electron chi connectivity index (χ1n) is 15.8. The summed E-state index contributed by atoms with van der Waals surface area (Å²) in [5.41, 5.74) is 14.1. The summed E-state index contributed by atoms with van der Waals surface area (Å²) >= 11 is 6.28. The highest BCUT2D eigenvalue weighted by Crippen LogP contribution is 2.40. The van der Waals surface area contributed by atoms with Gasteiger partial charge in [-0.2, -0.15) is 25.2 Å². The molecule has 14 heteroatoms. The number of nitrogens with one attached hydrogen (secondary N) is 3. The number of hydrogen-bond donors (Lipinski definition) is 5. The number of phenolic OH excluding ortho intramolecular Hbond substituents is 1. The Morgan fingerprint density at radius 1 is 0.667 bits per heavy atom. The number of halogens is 1. The minimum absolute atomic E-state index is 0.0308. The van der Waals surface area contributed by atoms with E-state index in [2.05, 4.69) is 51.4 Å². The number of primary amides is 1. The van der Waals surface area contributed by atoms with Gasteiger partial charge in [-0.05, 0) is 128 Å². The quantitative estimate of drug-likeness (QED) is 0.0928. The van der Waals surface area contributed by atoms with Crippen LogP contribution in [0.4, 0.5) is 56.5 Å². The van der Waals surface area contributed by atoms with Crippen molar-refractivity contribution in [1.29, 1.82) is 0 Å². The lowest BCUT2D eigenvalue weighted by Gasteiger charge is -2.12. The van der Waals surface area contributed by atoms with Crippen LogP contribution in [0.1, 0.15) is 27.8 Å². The molecule has 0 aliphatic heterocycles. The number of anilines is 5. The number of urea groups is 1. The normalized spacial score (nSPS) is 11.4. The number of nitrogens with zero attached hydrogens (tertiary/aromatic N) is 7. The molecule has 5 aromatic carbocycles. The molecule has 0 saturated carbocycles. The van der Waals surface area contributed by atoms with Gasteiger partial charge in [-0.25, -0.2) is 4.79 Å². The molecule has 1 heterocycles. The first-order valence-corrected chi connectivity index (χ1v) is 16.2. The summed E-state index contributed by atoms with van der Waals surface area (Å²) in [4.78, 5) is 24.7. The highest BCUT2D eigenvalue weighted by atomic mass is 35.5. The van der Waals surface area contributed by atoms with E-state index in [0.717, 1.165) is 38.9 Å². The number of amides is 2. The van der Waals surface area contributed by atoms with Gasteiger partial charge in [0.15, 0.2) is 5.75 Å². The zero-order valence-electron chi connectivity index (χ0n) is 28.4. The maximum absolute atomic E-state index is 11.8. The number of rotatable bonds is 9. The summed E-state index contributed by atoms with van der Waals surface area (Å²) in [6.45, 7) is 9.78. The van der Waals surface area contributed by atoms with E-state index in [4.69, 9.17) is 17.3 Å². The van der Waals surface area contributed by atoms with Crippen molar-refractivity contribution in [3.05, 3.63) is 112 Å². The molecule has 1 aromatic heterocycles. The molecule has 0 atom stereocenters. The Morgan fingerprint density at radius 3 is 2.02 bits per heavy atom. The van der Waals surface area contributed by atoms with Crippen molar-refractivity contribution >= 4 is 80.1 Å². The molecule has 0 saturated heterocycles. The second-order valence-corrected chi connectivity index (χ2v) is 12.4. The van der Waals surface area contributed by atoms with Crippen molar-refractivity contribution in [1.82, 2.24) is 15.0 Å². The maximum Gasteiger partial charge on any atom is 0.316 e. The van der Waals surface area contributed by atoms with Gasteiger partial charge in [0, 0.05) is 16.8 Å². The van der Waals surface area contributed by atoms with E-state index in [0.29, 0.717) is 39.5 Å². The predicted molar refractivity (Wildman–Crippen MR) is 202 cm³/mol. The Labute approximate surface area is 298 Å². The molecule has 0 unspecified atom stereocenters. The molecule has 6 rings (SSSR count). The van der Waals surface area contributed by atoms with Crippen LogP contribution in [-0.2, 0) is 0 Å². The molecule has 0 spiro atoms. The average molecular weight is 700 g/mol. The number of hydrogen-bond acceptors (Lipinski definition) is 11. The SMILES string of the molecule is Cc1ccc(N=Nc2ccc(Nc3nc(Cl)nc(Nc4ccc5c(O)c(N=Nc6cc(C)ccc6C)c(C)cc5c4)n3)cc2NC(N)=O)c(C)c1. The first-order chi connectivity index (χ1) is 24.4. The fourth-order valence-electron chi connectivity index (χ4n) is 5.33. The molecular weight excluding hydrogens is 666 g/mol. The molecule has 6 N–H and O–H groups in total. The van der Waals surface area contributed by atoms with Gasteiger partial charge in [-0.15, -0.1) is 10.2 Å². The second kappa shape index (κ2) is 14.6. The van der Waals surface area contributed by atoms with Crippen LogP contribution in [-0.4, -0.2) is 26.1 Å². The summed E-state index contributed by atoms with van der Waals surface area (Å²) in [5, 5.41) is 38.8. The van der Waals surface area contributed by atoms with Crippen molar-refractivity contribution in [2.45, 2.75) is 34.6 Å². The van der Waals surface area contributed by atoms with Crippen LogP contribution < -0.4 is 21.7 Å². The largest absolute Gasteiger partial charge is 0.505 e. The van der Waals surface area contributed by atoms with Gasteiger partial charge in [0.25, 0.3) is 0 Å². The first kappa shape index (κ1) is 34.4. The van der Waals surface area contributed by atoms with Crippen LogP contribution in [0.25, 0.3) is 10.8 Å². The number of nitrogens with two attached hydrogens (primary N) is 1. The number of benzene rings is 5. The molecule has 0 aliphatic rings. The van der Waals surface area contributed by atoms with Crippen molar-refractivity contribution < 1.29 is 9.90 Å². The van der Waals surface area contributed by atoms with Gasteiger partial charge in [0.1, 0.15) is 11.4 Å². The molecule has 6 aromatic rings. The smallest absolute Gasteiger partial charge is 0.316 e. The molecule has 0 fully saturated rings. The van der Waals surface area contributed by atoms with Crippen LogP contribution in [0.5, 0.6) is 5.75 Å². The van der Waals surface area contributed by atoms with Gasteiger partial charge < -0.3 is 26.8 Å². The summed E-state index contributed by atoms with van der Waals surface area (Å²) in [5.74, 6) is 0.342. The van der Waals surface area contributed by atoms with Crippen LogP contribution in [0.3, 0.4) is 0 Å². The molecule has 0 bridgehead atoms. The van der Waals surface area contributed by atoms with Crippen molar-refractivity contribution in [2.24, 2.45) is 26.2 Å². The summed E-state index contributed by atoms with van der Waals surface area (Å²) in [7, 11) is 0. The van der Waals surface area contributed by atoms with Gasteiger partial charge in [-0.3, -0.25) is 0 Å². The fourth-order valence-corrected chi connectivity index (χ4v) is 5.49. The zero-order chi connectivity index (χ0) is 36.2. The predicted octanol–water partition coefficient (Wildman–Crippen LogP) is 10.7. The standard InChI is InChI=1S/C37H34ClN11O2/c1-19-7-12-28(22(4)14-19)46-47-29-13-10-26(18-31(29)42-35(39)51)41-37-44-34(38)43-36(45-37)40-25-9-11-27-24(17-25)16-23(5)32(33(27)50)49-48-30-15-20(2)6-8-21(30)3/h6-18,50H,1-5H3,(H3,39,42,51)(H2,40,41,43,44,45).